The zero-order valence-electron chi connectivity index (χ0n) is 15.5. The van der Waals surface area contributed by atoms with Gasteiger partial charge in [0, 0.05) is 36.5 Å². The fourth-order valence-electron chi connectivity index (χ4n) is 3.24. The van der Waals surface area contributed by atoms with Gasteiger partial charge in [-0.3, -0.25) is 9.36 Å². The van der Waals surface area contributed by atoms with Crippen molar-refractivity contribution in [2.24, 2.45) is 0 Å². The number of hydrogen-bond acceptors (Lipinski definition) is 4. The van der Waals surface area contributed by atoms with E-state index in [9.17, 15) is 18.0 Å². The van der Waals surface area contributed by atoms with Crippen LogP contribution in [0.2, 0.25) is 0 Å². The second-order valence-corrected chi connectivity index (χ2v) is 6.96. The van der Waals surface area contributed by atoms with Crippen LogP contribution in [0.15, 0.2) is 53.0 Å². The average Bonchev–Trinajstić information content (AvgIpc) is 2.61. The van der Waals surface area contributed by atoms with Gasteiger partial charge in [-0.25, -0.2) is 0 Å². The minimum atomic E-state index is -4.52. The predicted molar refractivity (Wildman–Crippen MR) is 99.1 cm³/mol. The lowest BCUT2D eigenvalue weighted by Crippen LogP contribution is -2.41. The second kappa shape index (κ2) is 7.44. The Labute approximate surface area is 160 Å². The van der Waals surface area contributed by atoms with E-state index in [1.807, 2.05) is 0 Å². The molecule has 0 unspecified atom stereocenters. The number of alkyl halides is 3. The molecule has 3 rings (SSSR count). The maximum Gasteiger partial charge on any atom is 0.416 e. The smallest absolute Gasteiger partial charge is 0.416 e. The van der Waals surface area contributed by atoms with Crippen molar-refractivity contribution in [3.63, 3.8) is 0 Å². The van der Waals surface area contributed by atoms with E-state index in [1.165, 1.54) is 22.9 Å². The van der Waals surface area contributed by atoms with Gasteiger partial charge in [0.15, 0.2) is 0 Å². The number of pyridine rings is 1. The molecule has 0 aliphatic carbocycles. The molecule has 0 spiro atoms. The molecule has 0 saturated heterocycles. The quantitative estimate of drug-likeness (QED) is 0.766. The summed E-state index contributed by atoms with van der Waals surface area (Å²) in [5, 5.41) is 12.1. The molecule has 1 aliphatic heterocycles. The molecule has 0 atom stereocenters. The second-order valence-electron chi connectivity index (χ2n) is 6.96. The zero-order chi connectivity index (χ0) is 20.5. The van der Waals surface area contributed by atoms with E-state index >= 15 is 0 Å². The number of fused-ring (bicyclic) bond motifs is 1. The molecule has 150 valence electrons. The van der Waals surface area contributed by atoms with E-state index < -0.39 is 17.3 Å². The van der Waals surface area contributed by atoms with Gasteiger partial charge in [0.1, 0.15) is 11.4 Å². The summed E-state index contributed by atoms with van der Waals surface area (Å²) in [4.78, 5) is 12.5. The molecule has 0 saturated carbocycles. The van der Waals surface area contributed by atoms with Gasteiger partial charge in [0.25, 0.3) is 5.56 Å². The first kappa shape index (κ1) is 20.2. The molecule has 8 heteroatoms. The number of rotatable bonds is 5. The number of aliphatic hydroxyl groups is 1. The van der Waals surface area contributed by atoms with Crippen molar-refractivity contribution in [3.05, 3.63) is 69.6 Å². The van der Waals surface area contributed by atoms with Crippen LogP contribution >= 0.6 is 0 Å². The largest absolute Gasteiger partial charge is 0.483 e. The van der Waals surface area contributed by atoms with Gasteiger partial charge in [0.2, 0.25) is 0 Å². The van der Waals surface area contributed by atoms with Gasteiger partial charge in [-0.05, 0) is 38.1 Å². The number of nitrogens with zero attached hydrogens (tertiary/aromatic N) is 1. The highest BCUT2D eigenvalue weighted by atomic mass is 19.4. The number of halogens is 3. The summed E-state index contributed by atoms with van der Waals surface area (Å²) in [5.74, 6) is 0.273. The molecule has 28 heavy (non-hydrogen) atoms. The highest BCUT2D eigenvalue weighted by Gasteiger charge is 2.38. The van der Waals surface area contributed by atoms with Crippen LogP contribution in [0.1, 0.15) is 25.0 Å². The molecule has 1 aromatic heterocycles. The maximum atomic E-state index is 13.3. The third-order valence-corrected chi connectivity index (χ3v) is 4.59. The Hall–Kier alpha value is -2.58. The van der Waals surface area contributed by atoms with Crippen LogP contribution < -0.4 is 15.6 Å². The van der Waals surface area contributed by atoms with E-state index in [2.05, 4.69) is 5.32 Å². The molecule has 1 aromatic carbocycles. The Morgan fingerprint density at radius 1 is 1.21 bits per heavy atom. The number of nitrogens with one attached hydrogen (secondary N) is 1. The molecule has 0 amide bonds. The Morgan fingerprint density at radius 3 is 2.61 bits per heavy atom. The summed E-state index contributed by atoms with van der Waals surface area (Å²) in [6.45, 7) is 4.02. The number of benzene rings is 1. The van der Waals surface area contributed by atoms with Gasteiger partial charge < -0.3 is 15.2 Å². The van der Waals surface area contributed by atoms with Gasteiger partial charge in [-0.1, -0.05) is 6.07 Å². The van der Waals surface area contributed by atoms with Gasteiger partial charge >= 0.3 is 6.18 Å². The van der Waals surface area contributed by atoms with Crippen LogP contribution in [-0.4, -0.2) is 35.0 Å². The number of hydrogen-bond donors (Lipinski definition) is 2. The molecular formula is C20H21F3N2O3. The van der Waals surface area contributed by atoms with E-state index in [0.29, 0.717) is 17.8 Å². The molecule has 2 N–H and O–H groups in total. The minimum absolute atomic E-state index is 0.0933. The Balaban J connectivity index is 2.29. The summed E-state index contributed by atoms with van der Waals surface area (Å²) >= 11 is 0. The van der Waals surface area contributed by atoms with Crippen LogP contribution in [-0.2, 0) is 6.18 Å². The van der Waals surface area contributed by atoms with Crippen molar-refractivity contribution >= 4 is 5.70 Å². The molecule has 2 aromatic rings. The van der Waals surface area contributed by atoms with Gasteiger partial charge in [-0.2, -0.15) is 13.2 Å². The SMILES string of the molecule is CC1(C)Oc2ccc(C(F)(F)F)cc2C(n2ccccc2=O)=C1CNCCO. The Kier molecular flexibility index (Phi) is 5.36. The lowest BCUT2D eigenvalue weighted by Gasteiger charge is -2.38. The normalized spacial score (nSPS) is 15.9. The van der Waals surface area contributed by atoms with Gasteiger partial charge in [0.05, 0.1) is 17.9 Å². The molecule has 0 radical (unpaired) electrons. The highest BCUT2D eigenvalue weighted by molar-refractivity contribution is 5.77. The molecule has 0 bridgehead atoms. The monoisotopic (exact) mass is 394 g/mol. The Bertz CT molecular complexity index is 962. The van der Waals surface area contributed by atoms with Crippen molar-refractivity contribution in [2.45, 2.75) is 25.6 Å². The summed E-state index contributed by atoms with van der Waals surface area (Å²) < 4.78 is 47.2. The van der Waals surface area contributed by atoms with Crippen molar-refractivity contribution in [2.75, 3.05) is 19.7 Å². The molecule has 1 aliphatic rings. The van der Waals surface area contributed by atoms with E-state index in [1.54, 1.807) is 26.0 Å². The number of aromatic nitrogens is 1. The first-order valence-corrected chi connectivity index (χ1v) is 8.79. The molecular weight excluding hydrogens is 373 g/mol. The fourth-order valence-corrected chi connectivity index (χ4v) is 3.24. The molecule has 5 nitrogen and oxygen atoms in total. The lowest BCUT2D eigenvalue weighted by molar-refractivity contribution is -0.137. The summed E-state index contributed by atoms with van der Waals surface area (Å²) in [6, 6.07) is 7.82. The van der Waals surface area contributed by atoms with Crippen LogP contribution in [0.5, 0.6) is 5.75 Å². The first-order valence-electron chi connectivity index (χ1n) is 8.79. The van der Waals surface area contributed by atoms with Gasteiger partial charge in [-0.15, -0.1) is 0 Å². The number of ether oxygens (including phenoxy) is 1. The maximum absolute atomic E-state index is 13.3. The average molecular weight is 394 g/mol. The van der Waals surface area contributed by atoms with Crippen molar-refractivity contribution in [1.82, 2.24) is 9.88 Å². The van der Waals surface area contributed by atoms with Crippen LogP contribution in [0.3, 0.4) is 0 Å². The van der Waals surface area contributed by atoms with Crippen molar-refractivity contribution in [3.8, 4) is 5.75 Å². The predicted octanol–water partition coefficient (Wildman–Crippen LogP) is 2.88. The van der Waals surface area contributed by atoms with E-state index in [-0.39, 0.29) is 30.0 Å². The Morgan fingerprint density at radius 2 is 1.96 bits per heavy atom. The van der Waals surface area contributed by atoms with E-state index in [0.717, 1.165) is 12.1 Å². The standard InChI is InChI=1S/C20H21F3N2O3/c1-19(2)15(12-24-8-10-26)18(25-9-4-3-5-17(25)27)14-11-13(20(21,22)23)6-7-16(14)28-19/h3-7,9,11,24,26H,8,10,12H2,1-2H3. The number of aliphatic hydroxyl groups excluding tert-OH is 1. The highest BCUT2D eigenvalue weighted by Crippen LogP contribution is 2.43. The van der Waals surface area contributed by atoms with E-state index in [4.69, 9.17) is 9.84 Å². The van der Waals surface area contributed by atoms with Crippen molar-refractivity contribution < 1.29 is 23.0 Å². The van der Waals surface area contributed by atoms with Crippen LogP contribution in [0.4, 0.5) is 13.2 Å². The summed E-state index contributed by atoms with van der Waals surface area (Å²) in [7, 11) is 0. The van der Waals surface area contributed by atoms with Crippen LogP contribution in [0, 0.1) is 0 Å². The van der Waals surface area contributed by atoms with Crippen LogP contribution in [0.25, 0.3) is 5.70 Å². The topological polar surface area (TPSA) is 63.5 Å². The van der Waals surface area contributed by atoms with Crippen molar-refractivity contribution in [1.29, 1.82) is 0 Å². The third-order valence-electron chi connectivity index (χ3n) is 4.59. The molecule has 0 fully saturated rings. The third kappa shape index (κ3) is 3.83. The summed E-state index contributed by atoms with van der Waals surface area (Å²) in [5.41, 5.74) is -0.894. The lowest BCUT2D eigenvalue weighted by atomic mass is 9.88. The zero-order valence-corrected chi connectivity index (χ0v) is 15.5. The fraction of sp³-hybridized carbons (Fsp3) is 0.350. The minimum Gasteiger partial charge on any atom is -0.483 e. The molecule has 2 heterocycles. The first-order chi connectivity index (χ1) is 13.1. The summed E-state index contributed by atoms with van der Waals surface area (Å²) in [6.07, 6.45) is -3.00.